The number of aliphatic imine (C=N–C) groups is 1. The Hall–Kier alpha value is -1.62. The van der Waals surface area contributed by atoms with E-state index in [2.05, 4.69) is 32.7 Å². The monoisotopic (exact) mass is 475 g/mol. The number of hydrogen-bond acceptors (Lipinski definition) is 4. The number of guanidine groups is 1. The van der Waals surface area contributed by atoms with Crippen molar-refractivity contribution in [3.8, 4) is 0 Å². The summed E-state index contributed by atoms with van der Waals surface area (Å²) in [6, 6.07) is 1.94. The predicted molar refractivity (Wildman–Crippen MR) is 114 cm³/mol. The molecule has 2 aromatic rings. The summed E-state index contributed by atoms with van der Waals surface area (Å²) in [6.45, 7) is 7.98. The van der Waals surface area contributed by atoms with Crippen LogP contribution in [0, 0.1) is 13.8 Å². The van der Waals surface area contributed by atoms with E-state index in [-0.39, 0.29) is 24.0 Å². The highest BCUT2D eigenvalue weighted by Crippen LogP contribution is 2.12. The van der Waals surface area contributed by atoms with Crippen molar-refractivity contribution in [1.29, 1.82) is 0 Å². The molecule has 9 heteroatoms. The topological polar surface area (TPSA) is 81.3 Å². The quantitative estimate of drug-likeness (QED) is 0.250. The van der Waals surface area contributed by atoms with Gasteiger partial charge in [0.15, 0.2) is 5.96 Å². The van der Waals surface area contributed by atoms with Gasteiger partial charge in [-0.3, -0.25) is 14.4 Å². The van der Waals surface area contributed by atoms with Gasteiger partial charge in [0.1, 0.15) is 0 Å². The van der Waals surface area contributed by atoms with E-state index in [1.807, 2.05) is 28.6 Å². The van der Waals surface area contributed by atoms with Crippen LogP contribution in [0.1, 0.15) is 23.4 Å². The second-order valence-corrected chi connectivity index (χ2v) is 5.84. The first-order valence-corrected chi connectivity index (χ1v) is 8.59. The van der Waals surface area contributed by atoms with Crippen LogP contribution in [-0.2, 0) is 24.4 Å². The number of nitrogens with zero attached hydrogens (tertiary/aromatic N) is 5. The zero-order chi connectivity index (χ0) is 18.1. The van der Waals surface area contributed by atoms with Crippen LogP contribution in [-0.4, -0.2) is 52.8 Å². The number of methoxy groups -OCH3 is 1. The van der Waals surface area contributed by atoms with Crippen molar-refractivity contribution in [2.75, 3.05) is 27.3 Å². The second kappa shape index (κ2) is 11.9. The van der Waals surface area contributed by atoms with Gasteiger partial charge >= 0.3 is 0 Å². The predicted octanol–water partition coefficient (Wildman–Crippen LogP) is 1.72. The molecule has 0 unspecified atom stereocenters. The Labute approximate surface area is 172 Å². The summed E-state index contributed by atoms with van der Waals surface area (Å²) in [5, 5.41) is 15.5. The van der Waals surface area contributed by atoms with Crippen molar-refractivity contribution in [3.05, 3.63) is 35.4 Å². The highest BCUT2D eigenvalue weighted by Gasteiger charge is 2.11. The van der Waals surface area contributed by atoms with Crippen molar-refractivity contribution in [1.82, 2.24) is 30.2 Å². The Morgan fingerprint density at radius 3 is 2.73 bits per heavy atom. The number of halogens is 1. The van der Waals surface area contributed by atoms with Crippen molar-refractivity contribution >= 4 is 29.9 Å². The summed E-state index contributed by atoms with van der Waals surface area (Å²) in [5.41, 5.74) is 3.40. The van der Waals surface area contributed by atoms with Crippen LogP contribution in [0.2, 0.25) is 0 Å². The summed E-state index contributed by atoms with van der Waals surface area (Å²) in [6.07, 6.45) is 4.75. The lowest BCUT2D eigenvalue weighted by Crippen LogP contribution is -2.37. The summed E-state index contributed by atoms with van der Waals surface area (Å²) in [5.74, 6) is 0.795. The van der Waals surface area contributed by atoms with E-state index in [9.17, 15) is 0 Å². The maximum atomic E-state index is 5.14. The summed E-state index contributed by atoms with van der Waals surface area (Å²) >= 11 is 0. The molecule has 0 aliphatic heterocycles. The number of hydrogen-bond donors (Lipinski definition) is 2. The molecule has 0 fully saturated rings. The second-order valence-electron chi connectivity index (χ2n) is 5.84. The average Bonchev–Trinajstić information content (AvgIpc) is 3.22. The zero-order valence-electron chi connectivity index (χ0n) is 16.0. The molecule has 0 radical (unpaired) electrons. The van der Waals surface area contributed by atoms with E-state index in [0.29, 0.717) is 13.2 Å². The maximum Gasteiger partial charge on any atom is 0.191 e. The fourth-order valence-corrected chi connectivity index (χ4v) is 2.66. The standard InChI is InChI=1S/C17H29N7O.HI/c1-14-16(15(2)24(22-14)11-12-25-4)13-20-17(18-3)19-7-5-9-23-10-6-8-21-23;/h6,8,10H,5,7,9,11-13H2,1-4H3,(H2,18,19,20);1H. The molecule has 0 saturated heterocycles. The van der Waals surface area contributed by atoms with Crippen molar-refractivity contribution in [2.24, 2.45) is 4.99 Å². The molecule has 0 aromatic carbocycles. The van der Waals surface area contributed by atoms with Gasteiger partial charge in [-0.2, -0.15) is 10.2 Å². The molecule has 0 aliphatic carbocycles. The Bertz CT molecular complexity index is 667. The highest BCUT2D eigenvalue weighted by atomic mass is 127. The van der Waals surface area contributed by atoms with Gasteiger partial charge in [-0.15, -0.1) is 24.0 Å². The minimum absolute atomic E-state index is 0. The van der Waals surface area contributed by atoms with Crippen LogP contribution in [0.3, 0.4) is 0 Å². The van der Waals surface area contributed by atoms with Gasteiger partial charge < -0.3 is 15.4 Å². The van der Waals surface area contributed by atoms with Crippen molar-refractivity contribution in [2.45, 2.75) is 39.9 Å². The zero-order valence-corrected chi connectivity index (χ0v) is 18.4. The molecule has 2 rings (SSSR count). The first kappa shape index (κ1) is 22.4. The van der Waals surface area contributed by atoms with Gasteiger partial charge in [-0.25, -0.2) is 0 Å². The number of ether oxygens (including phenoxy) is 1. The van der Waals surface area contributed by atoms with E-state index in [1.54, 1.807) is 20.4 Å². The molecular weight excluding hydrogens is 445 g/mol. The summed E-state index contributed by atoms with van der Waals surface area (Å²) in [7, 11) is 3.49. The lowest BCUT2D eigenvalue weighted by molar-refractivity contribution is 0.182. The van der Waals surface area contributed by atoms with Crippen LogP contribution in [0.4, 0.5) is 0 Å². The Morgan fingerprint density at radius 1 is 1.27 bits per heavy atom. The molecule has 0 aliphatic rings. The van der Waals surface area contributed by atoms with E-state index >= 15 is 0 Å². The Kier molecular flexibility index (Phi) is 10.3. The first-order valence-electron chi connectivity index (χ1n) is 8.59. The minimum Gasteiger partial charge on any atom is -0.383 e. The lowest BCUT2D eigenvalue weighted by Gasteiger charge is -2.12. The van der Waals surface area contributed by atoms with Crippen molar-refractivity contribution < 1.29 is 4.74 Å². The maximum absolute atomic E-state index is 5.14. The average molecular weight is 475 g/mol. The van der Waals surface area contributed by atoms with Gasteiger partial charge in [0.25, 0.3) is 0 Å². The highest BCUT2D eigenvalue weighted by molar-refractivity contribution is 14.0. The summed E-state index contributed by atoms with van der Waals surface area (Å²) < 4.78 is 9.06. The Morgan fingerprint density at radius 2 is 2.08 bits per heavy atom. The SMILES string of the molecule is CN=C(NCCCn1cccn1)NCc1c(C)nn(CCOC)c1C.I. The van der Waals surface area contributed by atoms with E-state index < -0.39 is 0 Å². The Balaban J connectivity index is 0.00000338. The first-order chi connectivity index (χ1) is 12.2. The van der Waals surface area contributed by atoms with E-state index in [0.717, 1.165) is 43.4 Å². The number of nitrogens with one attached hydrogen (secondary N) is 2. The smallest absolute Gasteiger partial charge is 0.191 e. The fraction of sp³-hybridized carbons (Fsp3) is 0.588. The molecule has 0 spiro atoms. The molecule has 2 aromatic heterocycles. The third-order valence-electron chi connectivity index (χ3n) is 4.11. The molecule has 2 N–H and O–H groups in total. The summed E-state index contributed by atoms with van der Waals surface area (Å²) in [4.78, 5) is 4.28. The molecule has 0 amide bonds. The molecule has 2 heterocycles. The van der Waals surface area contributed by atoms with Crippen LogP contribution in [0.15, 0.2) is 23.5 Å². The third-order valence-corrected chi connectivity index (χ3v) is 4.11. The van der Waals surface area contributed by atoms with Crippen LogP contribution >= 0.6 is 24.0 Å². The van der Waals surface area contributed by atoms with Crippen LogP contribution in [0.5, 0.6) is 0 Å². The molecule has 0 atom stereocenters. The minimum atomic E-state index is 0. The van der Waals surface area contributed by atoms with Crippen LogP contribution in [0.25, 0.3) is 0 Å². The van der Waals surface area contributed by atoms with Gasteiger partial charge in [-0.1, -0.05) is 0 Å². The number of aromatic nitrogens is 4. The normalized spacial score (nSPS) is 11.3. The molecule has 0 bridgehead atoms. The third kappa shape index (κ3) is 6.60. The van der Waals surface area contributed by atoms with Gasteiger partial charge in [-0.05, 0) is 26.3 Å². The number of rotatable bonds is 9. The van der Waals surface area contributed by atoms with Gasteiger partial charge in [0.05, 0.1) is 18.8 Å². The molecule has 26 heavy (non-hydrogen) atoms. The molecular formula is C17H30IN7O. The van der Waals surface area contributed by atoms with Crippen LogP contribution < -0.4 is 10.6 Å². The lowest BCUT2D eigenvalue weighted by atomic mass is 10.2. The molecule has 146 valence electrons. The number of aryl methyl sites for hydroxylation is 2. The van der Waals surface area contributed by atoms with Gasteiger partial charge in [0.2, 0.25) is 0 Å². The van der Waals surface area contributed by atoms with E-state index in [4.69, 9.17) is 4.74 Å². The largest absolute Gasteiger partial charge is 0.383 e. The van der Waals surface area contributed by atoms with E-state index in [1.165, 1.54) is 5.56 Å². The van der Waals surface area contributed by atoms with Crippen molar-refractivity contribution in [3.63, 3.8) is 0 Å². The fourth-order valence-electron chi connectivity index (χ4n) is 2.66. The van der Waals surface area contributed by atoms with Gasteiger partial charge in [0, 0.05) is 57.4 Å². The molecule has 0 saturated carbocycles. The molecule has 8 nitrogen and oxygen atoms in total.